The highest BCUT2D eigenvalue weighted by molar-refractivity contribution is 6.01. The predicted molar refractivity (Wildman–Crippen MR) is 140 cm³/mol. The maximum Gasteiger partial charge on any atom is 0.142 e. The Morgan fingerprint density at radius 2 is 1.11 bits per heavy atom. The van der Waals surface area contributed by atoms with Crippen molar-refractivity contribution < 1.29 is 28.5 Å². The van der Waals surface area contributed by atoms with Gasteiger partial charge in [-0.3, -0.25) is 9.59 Å². The number of rotatable bonds is 13. The predicted octanol–water partition coefficient (Wildman–Crippen LogP) is 4.94. The molecule has 0 aromatic heterocycles. The first-order valence-electron chi connectivity index (χ1n) is 12.6. The Balaban J connectivity index is 1.56. The van der Waals surface area contributed by atoms with E-state index in [1.54, 1.807) is 0 Å². The van der Waals surface area contributed by atoms with Crippen LogP contribution in [0.2, 0.25) is 0 Å². The number of benzene rings is 3. The maximum atomic E-state index is 12.6. The molecule has 0 bridgehead atoms. The van der Waals surface area contributed by atoms with Crippen molar-refractivity contribution in [3.8, 4) is 0 Å². The third-order valence-electron chi connectivity index (χ3n) is 6.51. The molecule has 0 spiro atoms. The molecule has 4 rings (SSSR count). The van der Waals surface area contributed by atoms with Crippen LogP contribution in [0.4, 0.5) is 0 Å². The number of carbonyl (C=O) groups excluding carboxylic acids is 2. The van der Waals surface area contributed by atoms with E-state index in [2.05, 4.69) is 0 Å². The monoisotopic (exact) mass is 502 g/mol. The zero-order valence-electron chi connectivity index (χ0n) is 21.3. The first-order chi connectivity index (χ1) is 18.0. The highest BCUT2D eigenvalue weighted by Crippen LogP contribution is 2.34. The van der Waals surface area contributed by atoms with Gasteiger partial charge in [0.1, 0.15) is 41.9 Å². The summed E-state index contributed by atoms with van der Waals surface area (Å²) in [5.41, 5.74) is 3.03. The van der Waals surface area contributed by atoms with Crippen LogP contribution in [0.3, 0.4) is 0 Å². The summed E-state index contributed by atoms with van der Waals surface area (Å²) in [6.07, 6.45) is -2.46. The lowest BCUT2D eigenvalue weighted by Crippen LogP contribution is -2.44. The number of ketones is 2. The van der Waals surface area contributed by atoms with Gasteiger partial charge in [-0.2, -0.15) is 0 Å². The summed E-state index contributed by atoms with van der Waals surface area (Å²) >= 11 is 0. The number of Topliss-reactive ketones (excluding diaryl/α,β-unsaturated/α-hetero) is 2. The van der Waals surface area contributed by atoms with Gasteiger partial charge in [-0.25, -0.2) is 0 Å². The minimum Gasteiger partial charge on any atom is -0.374 e. The van der Waals surface area contributed by atoms with Gasteiger partial charge in [0.15, 0.2) is 0 Å². The van der Waals surface area contributed by atoms with Crippen molar-refractivity contribution in [2.24, 2.45) is 5.92 Å². The molecule has 1 heterocycles. The normalized spacial score (nSPS) is 21.3. The molecule has 0 N–H and O–H groups in total. The Bertz CT molecular complexity index is 1100. The van der Waals surface area contributed by atoms with E-state index in [-0.39, 0.29) is 18.2 Å². The van der Waals surface area contributed by atoms with Crippen LogP contribution in [-0.4, -0.2) is 42.6 Å². The van der Waals surface area contributed by atoms with Crippen molar-refractivity contribution in [2.75, 3.05) is 6.61 Å². The lowest BCUT2D eigenvalue weighted by Gasteiger charge is -2.27. The Kier molecular flexibility index (Phi) is 9.74. The van der Waals surface area contributed by atoms with Crippen LogP contribution >= 0.6 is 0 Å². The zero-order valence-corrected chi connectivity index (χ0v) is 21.3. The standard InChI is InChI=1S/C31H34O6/c1-22(32)28(23(2)33)30-31(36-20-26-16-10-5-11-17-26)29(35-19-25-14-8-4-9-15-25)27(37-30)21-34-18-24-12-6-3-7-13-24/h3-17,27-31H,18-21H2,1-2H3/t27-,29-,30-,31-/m1/s1. The van der Waals surface area contributed by atoms with Crippen molar-refractivity contribution in [3.63, 3.8) is 0 Å². The Labute approximate surface area is 218 Å². The summed E-state index contributed by atoms with van der Waals surface area (Å²) in [6.45, 7) is 4.13. The SMILES string of the molecule is CC(=O)C(C(C)=O)[C@H]1O[C@H](COCc2ccccc2)[C@@H](OCc2ccccc2)[C@H]1OCc1ccccc1. The lowest BCUT2D eigenvalue weighted by atomic mass is 9.89. The van der Waals surface area contributed by atoms with Crippen molar-refractivity contribution in [1.29, 1.82) is 0 Å². The summed E-state index contributed by atoms with van der Waals surface area (Å²) in [5.74, 6) is -1.44. The van der Waals surface area contributed by atoms with Crippen LogP contribution < -0.4 is 0 Å². The van der Waals surface area contributed by atoms with Crippen LogP contribution in [0.1, 0.15) is 30.5 Å². The van der Waals surface area contributed by atoms with Gasteiger partial charge in [0.05, 0.1) is 26.4 Å². The highest BCUT2D eigenvalue weighted by Gasteiger charge is 2.51. The minimum absolute atomic E-state index is 0.235. The van der Waals surface area contributed by atoms with Crippen LogP contribution in [0.15, 0.2) is 91.0 Å². The van der Waals surface area contributed by atoms with Gasteiger partial charge in [0.25, 0.3) is 0 Å². The van der Waals surface area contributed by atoms with E-state index >= 15 is 0 Å². The topological polar surface area (TPSA) is 71.1 Å². The van der Waals surface area contributed by atoms with Gasteiger partial charge in [0.2, 0.25) is 0 Å². The fourth-order valence-electron chi connectivity index (χ4n) is 4.70. The second kappa shape index (κ2) is 13.4. The van der Waals surface area contributed by atoms with Crippen molar-refractivity contribution in [3.05, 3.63) is 108 Å². The molecule has 0 radical (unpaired) electrons. The van der Waals surface area contributed by atoms with E-state index in [0.717, 1.165) is 16.7 Å². The van der Waals surface area contributed by atoms with E-state index in [1.807, 2.05) is 91.0 Å². The molecular formula is C31H34O6. The Hall–Kier alpha value is -3.16. The van der Waals surface area contributed by atoms with Crippen molar-refractivity contribution in [1.82, 2.24) is 0 Å². The molecule has 1 aliphatic heterocycles. The van der Waals surface area contributed by atoms with E-state index in [9.17, 15) is 9.59 Å². The molecule has 1 aliphatic rings. The molecule has 6 heteroatoms. The van der Waals surface area contributed by atoms with Gasteiger partial charge in [-0.05, 0) is 30.5 Å². The van der Waals surface area contributed by atoms with Gasteiger partial charge in [0, 0.05) is 0 Å². The number of hydrogen-bond donors (Lipinski definition) is 0. The molecule has 3 aromatic rings. The number of carbonyl (C=O) groups is 2. The van der Waals surface area contributed by atoms with Crippen LogP contribution in [0.25, 0.3) is 0 Å². The second-order valence-corrected chi connectivity index (χ2v) is 9.36. The van der Waals surface area contributed by atoms with Gasteiger partial charge in [-0.15, -0.1) is 0 Å². The molecule has 0 unspecified atom stereocenters. The number of hydrogen-bond acceptors (Lipinski definition) is 6. The highest BCUT2D eigenvalue weighted by atomic mass is 16.6. The molecule has 37 heavy (non-hydrogen) atoms. The van der Waals surface area contributed by atoms with E-state index in [1.165, 1.54) is 13.8 Å². The average molecular weight is 503 g/mol. The lowest BCUT2D eigenvalue weighted by molar-refractivity contribution is -0.142. The average Bonchev–Trinajstić information content (AvgIpc) is 3.24. The molecule has 4 atom stereocenters. The van der Waals surface area contributed by atoms with Crippen LogP contribution in [0, 0.1) is 5.92 Å². The summed E-state index contributed by atoms with van der Waals surface area (Å²) in [7, 11) is 0. The molecule has 0 aliphatic carbocycles. The Morgan fingerprint density at radius 3 is 1.57 bits per heavy atom. The number of ether oxygens (including phenoxy) is 4. The second-order valence-electron chi connectivity index (χ2n) is 9.36. The molecule has 0 amide bonds. The molecule has 1 fully saturated rings. The van der Waals surface area contributed by atoms with E-state index < -0.39 is 30.3 Å². The molecule has 0 saturated carbocycles. The first kappa shape index (κ1) is 26.9. The summed E-state index contributed by atoms with van der Waals surface area (Å²) in [6, 6.07) is 29.5. The fourth-order valence-corrected chi connectivity index (χ4v) is 4.70. The smallest absolute Gasteiger partial charge is 0.142 e. The third-order valence-corrected chi connectivity index (χ3v) is 6.51. The summed E-state index contributed by atoms with van der Waals surface area (Å²) < 4.78 is 25.1. The summed E-state index contributed by atoms with van der Waals surface area (Å²) in [5, 5.41) is 0. The molecule has 1 saturated heterocycles. The van der Waals surface area contributed by atoms with Crippen LogP contribution in [0.5, 0.6) is 0 Å². The zero-order chi connectivity index (χ0) is 26.0. The van der Waals surface area contributed by atoms with Gasteiger partial charge in [-0.1, -0.05) is 91.0 Å². The quantitative estimate of drug-likeness (QED) is 0.309. The fraction of sp³-hybridized carbons (Fsp3) is 0.355. The van der Waals surface area contributed by atoms with Gasteiger partial charge < -0.3 is 18.9 Å². The van der Waals surface area contributed by atoms with E-state index in [4.69, 9.17) is 18.9 Å². The van der Waals surface area contributed by atoms with E-state index in [0.29, 0.717) is 19.8 Å². The Morgan fingerprint density at radius 1 is 0.676 bits per heavy atom. The first-order valence-corrected chi connectivity index (χ1v) is 12.6. The maximum absolute atomic E-state index is 12.6. The van der Waals surface area contributed by atoms with Gasteiger partial charge >= 0.3 is 0 Å². The molecule has 3 aromatic carbocycles. The largest absolute Gasteiger partial charge is 0.374 e. The van der Waals surface area contributed by atoms with Crippen LogP contribution in [-0.2, 0) is 48.4 Å². The van der Waals surface area contributed by atoms with Crippen molar-refractivity contribution in [2.45, 2.75) is 58.1 Å². The van der Waals surface area contributed by atoms with Crippen molar-refractivity contribution >= 4 is 11.6 Å². The molecular weight excluding hydrogens is 468 g/mol. The molecule has 6 nitrogen and oxygen atoms in total. The summed E-state index contributed by atoms with van der Waals surface area (Å²) in [4.78, 5) is 25.1. The molecule has 194 valence electrons. The minimum atomic E-state index is -0.942. The third kappa shape index (κ3) is 7.43.